The van der Waals surface area contributed by atoms with E-state index in [1.165, 1.54) is 0 Å². The van der Waals surface area contributed by atoms with Crippen molar-refractivity contribution in [2.45, 2.75) is 73.3 Å². The van der Waals surface area contributed by atoms with Crippen molar-refractivity contribution >= 4 is 5.78 Å². The molecular formula is C19H35N3O. The number of H-pyrrole nitrogens is 1. The number of imidazole rings is 1. The zero-order valence-electron chi connectivity index (χ0n) is 16.0. The molecule has 1 rings (SSSR count). The first-order valence-corrected chi connectivity index (χ1v) is 8.75. The second kappa shape index (κ2) is 8.09. The molecule has 0 aliphatic carbocycles. The maximum atomic E-state index is 12.5. The Morgan fingerprint density at radius 1 is 1.30 bits per heavy atom. The number of nitrogens with zero attached hydrogens (tertiary/aromatic N) is 1. The van der Waals surface area contributed by atoms with Gasteiger partial charge in [-0.05, 0) is 31.2 Å². The Morgan fingerprint density at radius 3 is 2.43 bits per heavy atom. The zero-order chi connectivity index (χ0) is 17.7. The maximum absolute atomic E-state index is 12.5. The molecule has 0 fully saturated rings. The van der Waals surface area contributed by atoms with Crippen molar-refractivity contribution in [3.8, 4) is 0 Å². The van der Waals surface area contributed by atoms with Crippen LogP contribution >= 0.6 is 0 Å². The second-order valence-corrected chi connectivity index (χ2v) is 8.71. The van der Waals surface area contributed by atoms with Gasteiger partial charge in [0.15, 0.2) is 5.78 Å². The van der Waals surface area contributed by atoms with Crippen molar-refractivity contribution in [3.63, 3.8) is 0 Å². The van der Waals surface area contributed by atoms with E-state index in [0.717, 1.165) is 31.5 Å². The summed E-state index contributed by atoms with van der Waals surface area (Å²) in [5.74, 6) is 1.88. The van der Waals surface area contributed by atoms with Crippen molar-refractivity contribution in [1.29, 1.82) is 0 Å². The highest BCUT2D eigenvalue weighted by atomic mass is 16.1. The summed E-state index contributed by atoms with van der Waals surface area (Å²) in [7, 11) is 1.89. The first-order valence-electron chi connectivity index (χ1n) is 8.75. The van der Waals surface area contributed by atoms with Crippen LogP contribution in [0, 0.1) is 16.7 Å². The molecule has 1 heterocycles. The third kappa shape index (κ3) is 6.86. The molecule has 4 heteroatoms. The molecule has 2 atom stereocenters. The molecule has 0 saturated heterocycles. The lowest BCUT2D eigenvalue weighted by atomic mass is 9.79. The molecule has 0 amide bonds. The number of hydrogen-bond donors (Lipinski definition) is 2. The largest absolute Gasteiger partial charge is 0.349 e. The summed E-state index contributed by atoms with van der Waals surface area (Å²) in [5, 5.41) is 3.21. The predicted octanol–water partition coefficient (Wildman–Crippen LogP) is 3.99. The minimum atomic E-state index is -0.286. The molecule has 2 N–H and O–H groups in total. The van der Waals surface area contributed by atoms with Gasteiger partial charge in [-0.3, -0.25) is 4.79 Å². The van der Waals surface area contributed by atoms with Crippen molar-refractivity contribution < 1.29 is 4.79 Å². The SMILES string of the molecule is CN[C@@H](CC(C)CCC(C)(C)Cc1ncc[nH]1)C(=O)C(C)(C)C. The zero-order valence-corrected chi connectivity index (χ0v) is 16.0. The smallest absolute Gasteiger partial charge is 0.155 e. The standard InChI is InChI=1S/C19H35N3O/c1-14(12-15(20-7)17(23)18(2,3)4)8-9-19(5,6)13-16-21-10-11-22-16/h10-11,14-15,20H,8-9,12-13H2,1-7H3,(H,21,22)/t14?,15-/m0/s1. The molecule has 0 aliphatic rings. The fourth-order valence-corrected chi connectivity index (χ4v) is 2.97. The summed E-state index contributed by atoms with van der Waals surface area (Å²) in [6.45, 7) is 12.8. The van der Waals surface area contributed by atoms with Crippen molar-refractivity contribution in [2.75, 3.05) is 7.05 Å². The lowest BCUT2D eigenvalue weighted by Crippen LogP contribution is -2.42. The van der Waals surface area contributed by atoms with E-state index in [4.69, 9.17) is 0 Å². The number of carbonyl (C=O) groups excluding carboxylic acids is 1. The summed E-state index contributed by atoms with van der Waals surface area (Å²) in [4.78, 5) is 20.0. The van der Waals surface area contributed by atoms with Crippen LogP contribution < -0.4 is 5.32 Å². The molecule has 1 aromatic heterocycles. The van der Waals surface area contributed by atoms with E-state index in [2.05, 4.69) is 36.1 Å². The Kier molecular flexibility index (Phi) is 7.00. The number of rotatable bonds is 9. The van der Waals surface area contributed by atoms with Crippen LogP contribution in [0.15, 0.2) is 12.4 Å². The van der Waals surface area contributed by atoms with Gasteiger partial charge in [-0.15, -0.1) is 0 Å². The van der Waals surface area contributed by atoms with Crippen LogP contribution in [0.25, 0.3) is 0 Å². The van der Waals surface area contributed by atoms with Gasteiger partial charge < -0.3 is 10.3 Å². The molecule has 1 unspecified atom stereocenters. The van der Waals surface area contributed by atoms with Gasteiger partial charge in [0.05, 0.1) is 6.04 Å². The highest BCUT2D eigenvalue weighted by Crippen LogP contribution is 2.30. The number of nitrogens with one attached hydrogen (secondary N) is 2. The Balaban J connectivity index is 2.48. The predicted molar refractivity (Wildman–Crippen MR) is 96.4 cm³/mol. The van der Waals surface area contributed by atoms with Crippen LogP contribution in [0.5, 0.6) is 0 Å². The highest BCUT2D eigenvalue weighted by molar-refractivity contribution is 5.88. The molecular weight excluding hydrogens is 286 g/mol. The summed E-state index contributed by atoms with van der Waals surface area (Å²) in [5.41, 5.74) is -0.0682. The topological polar surface area (TPSA) is 57.8 Å². The molecule has 0 aliphatic heterocycles. The summed E-state index contributed by atoms with van der Waals surface area (Å²) >= 11 is 0. The molecule has 4 nitrogen and oxygen atoms in total. The number of carbonyl (C=O) groups is 1. The van der Waals surface area contributed by atoms with Gasteiger partial charge in [0.2, 0.25) is 0 Å². The van der Waals surface area contributed by atoms with Gasteiger partial charge in [0, 0.05) is 24.2 Å². The van der Waals surface area contributed by atoms with Crippen molar-refractivity contribution in [3.05, 3.63) is 18.2 Å². The average Bonchev–Trinajstić information content (AvgIpc) is 2.93. The van der Waals surface area contributed by atoms with Crippen molar-refractivity contribution in [1.82, 2.24) is 15.3 Å². The molecule has 0 radical (unpaired) electrons. The molecule has 0 spiro atoms. The van der Waals surface area contributed by atoms with Crippen molar-refractivity contribution in [2.24, 2.45) is 16.7 Å². The Bertz CT molecular complexity index is 471. The number of Topliss-reactive ketones (excluding diaryl/α,β-unsaturated/α-hetero) is 1. The normalized spacial score (nSPS) is 15.4. The number of aromatic nitrogens is 2. The Morgan fingerprint density at radius 2 is 1.96 bits per heavy atom. The summed E-state index contributed by atoms with van der Waals surface area (Å²) in [6.07, 6.45) is 7.82. The Hall–Kier alpha value is -1.16. The fourth-order valence-electron chi connectivity index (χ4n) is 2.97. The first-order chi connectivity index (χ1) is 10.5. The first kappa shape index (κ1) is 19.9. The third-order valence-corrected chi connectivity index (χ3v) is 4.56. The number of likely N-dealkylation sites (N-methyl/N-ethyl adjacent to an activating group) is 1. The van der Waals surface area contributed by atoms with Crippen LogP contribution in [0.1, 0.15) is 66.6 Å². The fraction of sp³-hybridized carbons (Fsp3) is 0.789. The summed E-state index contributed by atoms with van der Waals surface area (Å²) in [6, 6.07) is -0.0433. The van der Waals surface area contributed by atoms with Crippen LogP contribution in [-0.2, 0) is 11.2 Å². The van der Waals surface area contributed by atoms with E-state index < -0.39 is 0 Å². The van der Waals surface area contributed by atoms with E-state index in [-0.39, 0.29) is 16.9 Å². The molecule has 0 aromatic carbocycles. The lowest BCUT2D eigenvalue weighted by Gasteiger charge is -2.29. The Labute approximate surface area is 141 Å². The van der Waals surface area contributed by atoms with E-state index >= 15 is 0 Å². The maximum Gasteiger partial charge on any atom is 0.155 e. The molecule has 1 aromatic rings. The number of hydrogen-bond acceptors (Lipinski definition) is 3. The van der Waals surface area contributed by atoms with Crippen LogP contribution in [0.3, 0.4) is 0 Å². The second-order valence-electron chi connectivity index (χ2n) is 8.71. The lowest BCUT2D eigenvalue weighted by molar-refractivity contribution is -0.128. The van der Waals surface area contributed by atoms with E-state index in [0.29, 0.717) is 11.7 Å². The van der Waals surface area contributed by atoms with Crippen LogP contribution in [0.4, 0.5) is 0 Å². The quantitative estimate of drug-likeness (QED) is 0.723. The average molecular weight is 322 g/mol. The van der Waals surface area contributed by atoms with Gasteiger partial charge in [-0.2, -0.15) is 0 Å². The van der Waals surface area contributed by atoms with Gasteiger partial charge in [-0.1, -0.05) is 48.0 Å². The van der Waals surface area contributed by atoms with Gasteiger partial charge in [0.1, 0.15) is 5.82 Å². The van der Waals surface area contributed by atoms with Crippen LogP contribution in [-0.4, -0.2) is 28.8 Å². The van der Waals surface area contributed by atoms with E-state index in [1.807, 2.05) is 40.2 Å². The molecule has 0 saturated carbocycles. The molecule has 132 valence electrons. The van der Waals surface area contributed by atoms with Crippen LogP contribution in [0.2, 0.25) is 0 Å². The molecule has 0 bridgehead atoms. The van der Waals surface area contributed by atoms with Gasteiger partial charge in [0.25, 0.3) is 0 Å². The highest BCUT2D eigenvalue weighted by Gasteiger charge is 2.30. The third-order valence-electron chi connectivity index (χ3n) is 4.56. The molecule has 23 heavy (non-hydrogen) atoms. The minimum Gasteiger partial charge on any atom is -0.349 e. The monoisotopic (exact) mass is 321 g/mol. The number of aromatic amines is 1. The number of ketones is 1. The minimum absolute atomic E-state index is 0.0433. The van der Waals surface area contributed by atoms with Gasteiger partial charge in [-0.25, -0.2) is 4.98 Å². The van der Waals surface area contributed by atoms with E-state index in [9.17, 15) is 4.79 Å². The van der Waals surface area contributed by atoms with Gasteiger partial charge >= 0.3 is 0 Å². The summed E-state index contributed by atoms with van der Waals surface area (Å²) < 4.78 is 0. The van der Waals surface area contributed by atoms with E-state index in [1.54, 1.807) is 0 Å².